The van der Waals surface area contributed by atoms with Gasteiger partial charge < -0.3 is 25.2 Å². The first-order valence-corrected chi connectivity index (χ1v) is 9.51. The molecule has 7 nitrogen and oxygen atoms in total. The molecule has 0 spiro atoms. The van der Waals surface area contributed by atoms with Gasteiger partial charge in [0.15, 0.2) is 5.96 Å². The Hall–Kier alpha value is -2.35. The number of hydrogen-bond donors (Lipinski definition) is 1. The number of piperazine rings is 1. The van der Waals surface area contributed by atoms with E-state index in [1.54, 1.807) is 11.0 Å². The van der Waals surface area contributed by atoms with Crippen LogP contribution in [0.4, 0.5) is 9.18 Å². The highest BCUT2D eigenvalue weighted by Gasteiger charge is 2.26. The number of carbonyl (C=O) groups excluding carboxylic acids is 1. The summed E-state index contributed by atoms with van der Waals surface area (Å²) in [5.41, 5.74) is 6.53. The van der Waals surface area contributed by atoms with Crippen LogP contribution in [-0.2, 0) is 4.74 Å². The lowest BCUT2D eigenvalue weighted by Crippen LogP contribution is -2.53. The second kappa shape index (κ2) is 9.23. The van der Waals surface area contributed by atoms with E-state index >= 15 is 0 Å². The number of ether oxygens (including phenoxy) is 1. The third kappa shape index (κ3) is 6.37. The van der Waals surface area contributed by atoms with Gasteiger partial charge in [-0.25, -0.2) is 9.18 Å². The van der Waals surface area contributed by atoms with Gasteiger partial charge in [0.2, 0.25) is 0 Å². The zero-order valence-corrected chi connectivity index (χ0v) is 17.5. The Balaban J connectivity index is 1.94. The predicted molar refractivity (Wildman–Crippen MR) is 109 cm³/mol. The molecule has 28 heavy (non-hydrogen) atoms. The molecule has 1 aromatic rings. The molecule has 156 valence electrons. The lowest BCUT2D eigenvalue weighted by molar-refractivity contribution is 0.0186. The quantitative estimate of drug-likeness (QED) is 0.628. The van der Waals surface area contributed by atoms with E-state index in [0.29, 0.717) is 38.7 Å². The number of rotatable bonds is 4. The van der Waals surface area contributed by atoms with Crippen molar-refractivity contribution in [2.24, 2.45) is 10.7 Å². The summed E-state index contributed by atoms with van der Waals surface area (Å²) >= 11 is 0. The normalized spacial score (nSPS) is 17.0. The summed E-state index contributed by atoms with van der Waals surface area (Å²) in [5, 5.41) is 0. The lowest BCUT2D eigenvalue weighted by atomic mass is 10.1. The minimum atomic E-state index is -0.507. The van der Waals surface area contributed by atoms with Crippen LogP contribution in [0.3, 0.4) is 0 Å². The van der Waals surface area contributed by atoms with Gasteiger partial charge in [-0.05, 0) is 52.6 Å². The van der Waals surface area contributed by atoms with E-state index < -0.39 is 5.60 Å². The summed E-state index contributed by atoms with van der Waals surface area (Å²) in [5.74, 6) is 0.173. The van der Waals surface area contributed by atoms with Crippen LogP contribution in [-0.4, -0.2) is 79.2 Å². The van der Waals surface area contributed by atoms with Gasteiger partial charge in [0.25, 0.3) is 0 Å². The average Bonchev–Trinajstić information content (AvgIpc) is 2.60. The number of carbonyl (C=O) groups is 1. The predicted octanol–water partition coefficient (Wildman–Crippen LogP) is 2.30. The molecule has 1 fully saturated rings. The fraction of sp³-hybridized carbons (Fsp3) is 0.600. The highest BCUT2D eigenvalue weighted by molar-refractivity contribution is 5.78. The standard InChI is InChI=1S/C20H32FN5O2/c1-20(2,3)28-19(27)26-11-9-25(10-12-26)18(22)23-14-17(24(4)5)15-7-6-8-16(21)13-15/h6-8,13,17H,9-12,14H2,1-5H3,(H2,22,23). The first kappa shape index (κ1) is 21.9. The number of nitrogens with two attached hydrogens (primary N) is 1. The fourth-order valence-electron chi connectivity index (χ4n) is 3.01. The molecule has 1 heterocycles. The van der Waals surface area contributed by atoms with Gasteiger partial charge in [0.05, 0.1) is 12.6 Å². The molecule has 1 aliphatic heterocycles. The highest BCUT2D eigenvalue weighted by Crippen LogP contribution is 2.19. The van der Waals surface area contributed by atoms with Crippen molar-refractivity contribution >= 4 is 12.1 Å². The van der Waals surface area contributed by atoms with E-state index in [1.165, 1.54) is 12.1 Å². The van der Waals surface area contributed by atoms with E-state index in [-0.39, 0.29) is 18.0 Å². The summed E-state index contributed by atoms with van der Waals surface area (Å²) in [6.45, 7) is 8.25. The van der Waals surface area contributed by atoms with Crippen LogP contribution in [0.5, 0.6) is 0 Å². The zero-order chi connectivity index (χ0) is 20.9. The molecule has 0 aliphatic carbocycles. The number of hydrogen-bond acceptors (Lipinski definition) is 4. The summed E-state index contributed by atoms with van der Waals surface area (Å²) in [4.78, 5) is 22.3. The fourth-order valence-corrected chi connectivity index (χ4v) is 3.01. The molecule has 1 saturated heterocycles. The Morgan fingerprint density at radius 2 is 1.86 bits per heavy atom. The molecule has 1 atom stereocenters. The lowest BCUT2D eigenvalue weighted by Gasteiger charge is -2.36. The van der Waals surface area contributed by atoms with Gasteiger partial charge in [-0.1, -0.05) is 12.1 Å². The van der Waals surface area contributed by atoms with Crippen LogP contribution >= 0.6 is 0 Å². The molecular weight excluding hydrogens is 361 g/mol. The second-order valence-electron chi connectivity index (χ2n) is 8.19. The number of amides is 1. The molecule has 1 aromatic carbocycles. The Kier molecular flexibility index (Phi) is 7.23. The maximum absolute atomic E-state index is 13.6. The first-order chi connectivity index (χ1) is 13.1. The van der Waals surface area contributed by atoms with Gasteiger partial charge in [0, 0.05) is 26.2 Å². The average molecular weight is 394 g/mol. The molecule has 0 bridgehead atoms. The number of nitrogens with zero attached hydrogens (tertiary/aromatic N) is 4. The Morgan fingerprint density at radius 1 is 1.25 bits per heavy atom. The second-order valence-corrected chi connectivity index (χ2v) is 8.19. The van der Waals surface area contributed by atoms with Gasteiger partial charge in [0.1, 0.15) is 11.4 Å². The third-order valence-corrected chi connectivity index (χ3v) is 4.54. The largest absolute Gasteiger partial charge is 0.444 e. The number of likely N-dealkylation sites (N-methyl/N-ethyl adjacent to an activating group) is 1. The van der Waals surface area contributed by atoms with Crippen LogP contribution in [0.1, 0.15) is 32.4 Å². The number of guanidine groups is 1. The Bertz CT molecular complexity index is 694. The molecule has 2 N–H and O–H groups in total. The van der Waals surface area contributed by atoms with E-state index in [0.717, 1.165) is 5.56 Å². The highest BCUT2D eigenvalue weighted by atomic mass is 19.1. The molecule has 1 amide bonds. The van der Waals surface area contributed by atoms with Crippen molar-refractivity contribution in [2.45, 2.75) is 32.4 Å². The summed E-state index contributed by atoms with van der Waals surface area (Å²) in [7, 11) is 3.86. The Morgan fingerprint density at radius 3 is 2.39 bits per heavy atom. The summed E-state index contributed by atoms with van der Waals surface area (Å²) in [6.07, 6.45) is -0.304. The zero-order valence-electron chi connectivity index (χ0n) is 17.5. The number of aliphatic imine (C=N–C) groups is 1. The minimum Gasteiger partial charge on any atom is -0.444 e. The molecule has 0 saturated carbocycles. The van der Waals surface area contributed by atoms with Crippen molar-refractivity contribution in [3.05, 3.63) is 35.6 Å². The summed E-state index contributed by atoms with van der Waals surface area (Å²) < 4.78 is 19.0. The first-order valence-electron chi connectivity index (χ1n) is 9.51. The molecule has 0 aromatic heterocycles. The van der Waals surface area contributed by atoms with Crippen molar-refractivity contribution in [3.8, 4) is 0 Å². The summed E-state index contributed by atoms with van der Waals surface area (Å²) in [6, 6.07) is 6.47. The van der Waals surface area contributed by atoms with Crippen molar-refractivity contribution in [1.29, 1.82) is 0 Å². The maximum Gasteiger partial charge on any atom is 0.410 e. The number of benzene rings is 1. The van der Waals surface area contributed by atoms with Crippen LogP contribution in [0, 0.1) is 5.82 Å². The molecular formula is C20H32FN5O2. The molecule has 2 rings (SSSR count). The van der Waals surface area contributed by atoms with Crippen LogP contribution < -0.4 is 5.73 Å². The molecule has 1 aliphatic rings. The molecule has 1 unspecified atom stereocenters. The van der Waals surface area contributed by atoms with Gasteiger partial charge >= 0.3 is 6.09 Å². The number of halogens is 1. The molecule has 8 heteroatoms. The SMILES string of the molecule is CN(C)C(CN=C(N)N1CCN(C(=O)OC(C)(C)C)CC1)c1cccc(F)c1. The van der Waals surface area contributed by atoms with Gasteiger partial charge in [-0.3, -0.25) is 4.99 Å². The monoisotopic (exact) mass is 393 g/mol. The van der Waals surface area contributed by atoms with Crippen molar-refractivity contribution in [1.82, 2.24) is 14.7 Å². The van der Waals surface area contributed by atoms with E-state index in [1.807, 2.05) is 50.7 Å². The van der Waals surface area contributed by atoms with E-state index in [4.69, 9.17) is 10.5 Å². The maximum atomic E-state index is 13.6. The van der Waals surface area contributed by atoms with Crippen molar-refractivity contribution < 1.29 is 13.9 Å². The van der Waals surface area contributed by atoms with Gasteiger partial charge in [-0.2, -0.15) is 0 Å². The van der Waals surface area contributed by atoms with Crippen LogP contribution in [0.15, 0.2) is 29.3 Å². The van der Waals surface area contributed by atoms with E-state index in [9.17, 15) is 9.18 Å². The van der Waals surface area contributed by atoms with E-state index in [2.05, 4.69) is 4.99 Å². The third-order valence-electron chi connectivity index (χ3n) is 4.54. The van der Waals surface area contributed by atoms with Gasteiger partial charge in [-0.15, -0.1) is 0 Å². The van der Waals surface area contributed by atoms with Crippen LogP contribution in [0.2, 0.25) is 0 Å². The van der Waals surface area contributed by atoms with Crippen molar-refractivity contribution in [3.63, 3.8) is 0 Å². The molecule has 0 radical (unpaired) electrons. The Labute approximate surface area is 166 Å². The smallest absolute Gasteiger partial charge is 0.410 e. The van der Waals surface area contributed by atoms with Crippen LogP contribution in [0.25, 0.3) is 0 Å². The minimum absolute atomic E-state index is 0.0719. The topological polar surface area (TPSA) is 74.4 Å². The van der Waals surface area contributed by atoms with Crippen molar-refractivity contribution in [2.75, 3.05) is 46.8 Å².